The van der Waals surface area contributed by atoms with Crippen molar-refractivity contribution >= 4 is 17.4 Å². The van der Waals surface area contributed by atoms with Crippen LogP contribution in [0, 0.1) is 12.8 Å². The highest BCUT2D eigenvalue weighted by atomic mass is 16.4. The Kier molecular flexibility index (Phi) is 5.14. The van der Waals surface area contributed by atoms with Crippen LogP contribution in [0.4, 0.5) is 5.82 Å². The maximum atomic E-state index is 10.6. The van der Waals surface area contributed by atoms with E-state index in [2.05, 4.69) is 22.3 Å². The third kappa shape index (κ3) is 4.18. The van der Waals surface area contributed by atoms with E-state index in [1.165, 1.54) is 0 Å². The molecule has 1 unspecified atom stereocenters. The molecule has 2 rings (SSSR count). The number of nitrogens with one attached hydrogen (secondary N) is 1. The minimum absolute atomic E-state index is 0.246. The number of carboxylic acids is 1. The van der Waals surface area contributed by atoms with Crippen molar-refractivity contribution in [3.05, 3.63) is 24.0 Å². The number of aromatic nitrogens is 3. The maximum Gasteiger partial charge on any atom is 0.303 e. The molecule has 114 valence electrons. The van der Waals surface area contributed by atoms with E-state index in [0.29, 0.717) is 5.92 Å². The molecular formula is C15H22N4O2. The molecule has 0 saturated heterocycles. The minimum Gasteiger partial charge on any atom is -0.481 e. The Morgan fingerprint density at radius 3 is 2.95 bits per heavy atom. The zero-order valence-corrected chi connectivity index (χ0v) is 12.5. The minimum atomic E-state index is -0.718. The predicted molar refractivity (Wildman–Crippen MR) is 81.5 cm³/mol. The van der Waals surface area contributed by atoms with E-state index < -0.39 is 5.97 Å². The van der Waals surface area contributed by atoms with Crippen molar-refractivity contribution in [1.29, 1.82) is 0 Å². The summed E-state index contributed by atoms with van der Waals surface area (Å²) in [7, 11) is 0. The average Bonchev–Trinajstić information content (AvgIpc) is 2.90. The van der Waals surface area contributed by atoms with Crippen LogP contribution >= 0.6 is 0 Å². The van der Waals surface area contributed by atoms with E-state index in [9.17, 15) is 4.79 Å². The quantitative estimate of drug-likeness (QED) is 0.781. The largest absolute Gasteiger partial charge is 0.481 e. The van der Waals surface area contributed by atoms with Crippen LogP contribution in [0.5, 0.6) is 0 Å². The molecule has 0 fully saturated rings. The van der Waals surface area contributed by atoms with Gasteiger partial charge in [0.15, 0.2) is 5.65 Å². The second kappa shape index (κ2) is 7.06. The van der Waals surface area contributed by atoms with E-state index in [0.717, 1.165) is 42.8 Å². The number of aliphatic carboxylic acids is 1. The first-order chi connectivity index (χ1) is 10.1. The maximum absolute atomic E-state index is 10.6. The first-order valence-corrected chi connectivity index (χ1v) is 7.36. The van der Waals surface area contributed by atoms with Gasteiger partial charge in [-0.1, -0.05) is 13.3 Å². The molecule has 21 heavy (non-hydrogen) atoms. The fraction of sp³-hybridized carbons (Fsp3) is 0.533. The second-order valence-electron chi connectivity index (χ2n) is 5.37. The number of carboxylic acid groups (broad SMARTS) is 1. The van der Waals surface area contributed by atoms with Gasteiger partial charge in [-0.25, -0.2) is 4.98 Å². The van der Waals surface area contributed by atoms with Gasteiger partial charge in [0.25, 0.3) is 0 Å². The Morgan fingerprint density at radius 2 is 2.24 bits per heavy atom. The van der Waals surface area contributed by atoms with Crippen LogP contribution in [-0.2, 0) is 4.79 Å². The standard InChI is InChI=1S/C15H22N4O2/c1-3-12(4-5-15(20)21)6-7-16-13-8-11(2)9-14-17-10-18-19(13)14/h8-10,12,16H,3-7H2,1-2H3,(H,20,21). The molecule has 6 nitrogen and oxygen atoms in total. The number of pyridine rings is 1. The fourth-order valence-electron chi connectivity index (χ4n) is 2.47. The Hall–Kier alpha value is -2.11. The summed E-state index contributed by atoms with van der Waals surface area (Å²) in [6.07, 6.45) is 4.48. The van der Waals surface area contributed by atoms with Gasteiger partial charge in [-0.3, -0.25) is 4.79 Å². The molecule has 1 atom stereocenters. The molecule has 2 aromatic rings. The number of nitrogens with zero attached hydrogens (tertiary/aromatic N) is 3. The van der Waals surface area contributed by atoms with Crippen molar-refractivity contribution in [2.45, 2.75) is 39.5 Å². The second-order valence-corrected chi connectivity index (χ2v) is 5.37. The third-order valence-electron chi connectivity index (χ3n) is 3.73. The number of hydrogen-bond acceptors (Lipinski definition) is 4. The number of aryl methyl sites for hydroxylation is 1. The average molecular weight is 290 g/mol. The highest BCUT2D eigenvalue weighted by Gasteiger charge is 2.09. The molecule has 2 heterocycles. The van der Waals surface area contributed by atoms with Crippen LogP contribution in [-0.4, -0.2) is 32.2 Å². The molecule has 0 bridgehead atoms. The summed E-state index contributed by atoms with van der Waals surface area (Å²) >= 11 is 0. The van der Waals surface area contributed by atoms with E-state index in [4.69, 9.17) is 5.11 Å². The van der Waals surface area contributed by atoms with Gasteiger partial charge >= 0.3 is 5.97 Å². The lowest BCUT2D eigenvalue weighted by atomic mass is 9.97. The van der Waals surface area contributed by atoms with Gasteiger partial charge in [0.2, 0.25) is 0 Å². The Labute approximate surface area is 124 Å². The Morgan fingerprint density at radius 1 is 1.43 bits per heavy atom. The SMILES string of the molecule is CCC(CCNc1cc(C)cc2ncnn12)CCC(=O)O. The first-order valence-electron chi connectivity index (χ1n) is 7.36. The number of anilines is 1. The summed E-state index contributed by atoms with van der Waals surface area (Å²) in [5.74, 6) is 0.643. The topological polar surface area (TPSA) is 79.5 Å². The van der Waals surface area contributed by atoms with E-state index in [-0.39, 0.29) is 6.42 Å². The van der Waals surface area contributed by atoms with E-state index in [1.54, 1.807) is 10.8 Å². The lowest BCUT2D eigenvalue weighted by Crippen LogP contribution is -2.12. The zero-order chi connectivity index (χ0) is 15.2. The van der Waals surface area contributed by atoms with Gasteiger partial charge in [-0.2, -0.15) is 9.61 Å². The molecule has 6 heteroatoms. The van der Waals surface area contributed by atoms with E-state index in [1.807, 2.05) is 19.1 Å². The highest BCUT2D eigenvalue weighted by molar-refractivity contribution is 5.66. The summed E-state index contributed by atoms with van der Waals surface area (Å²) in [6.45, 7) is 4.94. The Bertz CT molecular complexity index is 609. The molecule has 0 aliphatic carbocycles. The van der Waals surface area contributed by atoms with Crippen LogP contribution in [0.2, 0.25) is 0 Å². The third-order valence-corrected chi connectivity index (χ3v) is 3.73. The number of fused-ring (bicyclic) bond motifs is 1. The van der Waals surface area contributed by atoms with Crippen LogP contribution in [0.3, 0.4) is 0 Å². The summed E-state index contributed by atoms with van der Waals surface area (Å²) in [5.41, 5.74) is 1.96. The lowest BCUT2D eigenvalue weighted by molar-refractivity contribution is -0.137. The molecule has 0 aliphatic heterocycles. The smallest absolute Gasteiger partial charge is 0.303 e. The zero-order valence-electron chi connectivity index (χ0n) is 12.5. The van der Waals surface area contributed by atoms with Crippen molar-refractivity contribution in [2.24, 2.45) is 5.92 Å². The number of hydrogen-bond donors (Lipinski definition) is 2. The summed E-state index contributed by atoms with van der Waals surface area (Å²) < 4.78 is 1.78. The van der Waals surface area contributed by atoms with Crippen molar-refractivity contribution < 1.29 is 9.90 Å². The van der Waals surface area contributed by atoms with Gasteiger partial charge in [0.1, 0.15) is 12.1 Å². The van der Waals surface area contributed by atoms with Crippen LogP contribution in [0.25, 0.3) is 5.65 Å². The van der Waals surface area contributed by atoms with Crippen LogP contribution in [0.1, 0.15) is 38.2 Å². The number of rotatable bonds is 8. The first kappa shape index (κ1) is 15.3. The van der Waals surface area contributed by atoms with Gasteiger partial charge < -0.3 is 10.4 Å². The molecule has 2 aromatic heterocycles. The van der Waals surface area contributed by atoms with Crippen LogP contribution in [0.15, 0.2) is 18.5 Å². The summed E-state index contributed by atoms with van der Waals surface area (Å²) in [5, 5.41) is 16.3. The Balaban J connectivity index is 1.92. The summed E-state index contributed by atoms with van der Waals surface area (Å²) in [4.78, 5) is 14.8. The molecule has 0 radical (unpaired) electrons. The van der Waals surface area contributed by atoms with Gasteiger partial charge in [-0.15, -0.1) is 0 Å². The molecule has 0 aliphatic rings. The normalized spacial score (nSPS) is 12.5. The number of carbonyl (C=O) groups is 1. The van der Waals surface area contributed by atoms with Crippen molar-refractivity contribution in [3.63, 3.8) is 0 Å². The van der Waals surface area contributed by atoms with Crippen molar-refractivity contribution in [3.8, 4) is 0 Å². The van der Waals surface area contributed by atoms with Crippen LogP contribution < -0.4 is 5.32 Å². The summed E-state index contributed by atoms with van der Waals surface area (Å²) in [6, 6.07) is 4.03. The van der Waals surface area contributed by atoms with Gasteiger partial charge in [0, 0.05) is 13.0 Å². The molecule has 0 spiro atoms. The predicted octanol–water partition coefficient (Wildman–Crippen LogP) is 2.73. The van der Waals surface area contributed by atoms with Crippen molar-refractivity contribution in [2.75, 3.05) is 11.9 Å². The highest BCUT2D eigenvalue weighted by Crippen LogP contribution is 2.17. The fourth-order valence-corrected chi connectivity index (χ4v) is 2.47. The van der Waals surface area contributed by atoms with Crippen molar-refractivity contribution in [1.82, 2.24) is 14.6 Å². The molecule has 0 aromatic carbocycles. The van der Waals surface area contributed by atoms with Gasteiger partial charge in [0.05, 0.1) is 0 Å². The van der Waals surface area contributed by atoms with Gasteiger partial charge in [-0.05, 0) is 43.4 Å². The molecular weight excluding hydrogens is 268 g/mol. The molecule has 2 N–H and O–H groups in total. The molecule has 0 amide bonds. The lowest BCUT2D eigenvalue weighted by Gasteiger charge is -2.15. The van der Waals surface area contributed by atoms with E-state index >= 15 is 0 Å². The molecule has 0 saturated carbocycles. The monoisotopic (exact) mass is 290 g/mol.